The van der Waals surface area contributed by atoms with Gasteiger partial charge in [-0.05, 0) is 112 Å². The minimum absolute atomic E-state index is 0.137. The van der Waals surface area contributed by atoms with E-state index in [0.717, 1.165) is 32.1 Å². The number of aliphatic hydroxyl groups is 1. The second kappa shape index (κ2) is 8.76. The van der Waals surface area contributed by atoms with Gasteiger partial charge < -0.3 is 10.0 Å². The molecule has 4 aliphatic rings. The lowest BCUT2D eigenvalue weighted by atomic mass is 9.46. The monoisotopic (exact) mass is 487 g/mol. The van der Waals surface area contributed by atoms with Crippen LogP contribution in [0, 0.1) is 52.3 Å². The van der Waals surface area contributed by atoms with Crippen LogP contribution in [-0.4, -0.2) is 30.6 Å². The highest BCUT2D eigenvalue weighted by Crippen LogP contribution is 2.69. The van der Waals surface area contributed by atoms with E-state index in [0.29, 0.717) is 41.8 Å². The average molecular weight is 488 g/mol. The summed E-state index contributed by atoms with van der Waals surface area (Å²) in [5.74, 6) is 9.81. The number of allylic oxidation sites excluding steroid dienone is 1. The second-order valence-corrected chi connectivity index (χ2v) is 13.8. The molecule has 1 aromatic carbocycles. The van der Waals surface area contributed by atoms with E-state index in [1.807, 2.05) is 6.08 Å². The third-order valence-corrected chi connectivity index (χ3v) is 10.4. The molecule has 3 heteroatoms. The first-order chi connectivity index (χ1) is 16.8. The molecule has 0 amide bonds. The van der Waals surface area contributed by atoms with Crippen LogP contribution in [0.3, 0.4) is 0 Å². The quantitative estimate of drug-likeness (QED) is 0.477. The Morgan fingerprint density at radius 1 is 1.06 bits per heavy atom. The smallest absolute Gasteiger partial charge is 0.155 e. The summed E-state index contributed by atoms with van der Waals surface area (Å²) in [6, 6.07) is 9.13. The van der Waals surface area contributed by atoms with Crippen LogP contribution in [-0.2, 0) is 4.79 Å². The molecule has 5 rings (SSSR count). The van der Waals surface area contributed by atoms with Gasteiger partial charge in [0.05, 0.1) is 0 Å². The maximum atomic E-state index is 12.4. The van der Waals surface area contributed by atoms with Crippen molar-refractivity contribution < 1.29 is 9.90 Å². The van der Waals surface area contributed by atoms with E-state index in [-0.39, 0.29) is 16.7 Å². The van der Waals surface area contributed by atoms with Crippen molar-refractivity contribution >= 4 is 11.5 Å². The highest BCUT2D eigenvalue weighted by molar-refractivity contribution is 5.91. The Labute approximate surface area is 218 Å². The van der Waals surface area contributed by atoms with Gasteiger partial charge in [0.25, 0.3) is 0 Å². The van der Waals surface area contributed by atoms with Gasteiger partial charge in [0.15, 0.2) is 5.78 Å². The molecule has 1 aromatic rings. The van der Waals surface area contributed by atoms with Gasteiger partial charge in [-0.2, -0.15) is 0 Å². The van der Waals surface area contributed by atoms with Crippen LogP contribution >= 0.6 is 0 Å². The highest BCUT2D eigenvalue weighted by atomic mass is 16.3. The van der Waals surface area contributed by atoms with Crippen LogP contribution in [0.4, 0.5) is 5.69 Å². The molecule has 1 N–H and O–H groups in total. The summed E-state index contributed by atoms with van der Waals surface area (Å²) in [6.45, 7) is 11.0. The van der Waals surface area contributed by atoms with E-state index in [9.17, 15) is 9.90 Å². The molecule has 0 radical (unpaired) electrons. The fourth-order valence-corrected chi connectivity index (χ4v) is 8.55. The molecule has 4 aliphatic carbocycles. The van der Waals surface area contributed by atoms with Crippen LogP contribution < -0.4 is 4.90 Å². The standard InChI is InChI=1S/C33H45NO2/c1-21-18-29-27-14-10-23-19-25(35)13-15-26(23)30(27)28(22-8-11-24(12-9-22)34(6)7)20-32(29,5)33(21,36)17-16-31(2,3)4/h8-9,11-12,19,21,26-30,36H,10,13-15,18,20H2,1-7H3/t21-,26+,27+,28-,29+,30-,32+,33+/m1/s1. The Hall–Kier alpha value is -2.05. The van der Waals surface area contributed by atoms with Crippen molar-refractivity contribution in [3.8, 4) is 11.8 Å². The van der Waals surface area contributed by atoms with Gasteiger partial charge in [-0.15, -0.1) is 0 Å². The molecule has 3 fully saturated rings. The number of anilines is 1. The van der Waals surface area contributed by atoms with Crippen molar-refractivity contribution in [2.75, 3.05) is 19.0 Å². The SMILES string of the molecule is C[C@@H]1C[C@H]2[C@@H]3CCC4=CC(=O)CC[C@@H]4[C@H]3[C@@H](c3ccc(N(C)C)cc3)C[C@]2(C)[C@]1(O)C#CC(C)(C)C. The van der Waals surface area contributed by atoms with Crippen LogP contribution in [0.1, 0.15) is 84.6 Å². The summed E-state index contributed by atoms with van der Waals surface area (Å²) in [6.07, 6.45) is 7.84. The van der Waals surface area contributed by atoms with E-state index in [1.54, 1.807) is 0 Å². The number of carbonyl (C=O) groups is 1. The summed E-state index contributed by atoms with van der Waals surface area (Å²) < 4.78 is 0. The predicted molar refractivity (Wildman–Crippen MR) is 148 cm³/mol. The van der Waals surface area contributed by atoms with Crippen molar-refractivity contribution in [3.63, 3.8) is 0 Å². The molecule has 0 heterocycles. The van der Waals surface area contributed by atoms with Crippen molar-refractivity contribution in [1.82, 2.24) is 0 Å². The number of hydrogen-bond donors (Lipinski definition) is 1. The minimum Gasteiger partial charge on any atom is -0.378 e. The number of rotatable bonds is 2. The van der Waals surface area contributed by atoms with Crippen LogP contribution in [0.2, 0.25) is 0 Å². The summed E-state index contributed by atoms with van der Waals surface area (Å²) in [7, 11) is 4.17. The Morgan fingerprint density at radius 3 is 2.39 bits per heavy atom. The summed E-state index contributed by atoms with van der Waals surface area (Å²) in [5, 5.41) is 12.4. The summed E-state index contributed by atoms with van der Waals surface area (Å²) in [4.78, 5) is 14.5. The number of fused-ring (bicyclic) bond motifs is 5. The van der Waals surface area contributed by atoms with Gasteiger partial charge in [-0.25, -0.2) is 0 Å². The normalized spacial score (nSPS) is 39.8. The number of nitrogens with zero attached hydrogens (tertiary/aromatic N) is 1. The third kappa shape index (κ3) is 4.05. The Bertz CT molecular complexity index is 1110. The molecule has 3 nitrogen and oxygen atoms in total. The molecule has 0 spiro atoms. The van der Waals surface area contributed by atoms with Crippen molar-refractivity contribution in [2.24, 2.45) is 40.4 Å². The van der Waals surface area contributed by atoms with E-state index < -0.39 is 5.60 Å². The molecule has 0 saturated heterocycles. The third-order valence-electron chi connectivity index (χ3n) is 10.4. The lowest BCUT2D eigenvalue weighted by Gasteiger charge is -2.58. The summed E-state index contributed by atoms with van der Waals surface area (Å²) in [5.41, 5.74) is 2.64. The number of hydrogen-bond acceptors (Lipinski definition) is 3. The molecule has 0 bridgehead atoms. The number of ketones is 1. The number of carbonyl (C=O) groups excluding carboxylic acids is 1. The van der Waals surface area contributed by atoms with Crippen molar-refractivity contribution in [2.45, 2.75) is 84.7 Å². The zero-order valence-electron chi connectivity index (χ0n) is 23.4. The van der Waals surface area contributed by atoms with Crippen molar-refractivity contribution in [1.29, 1.82) is 0 Å². The molecule has 0 aliphatic heterocycles. The van der Waals surface area contributed by atoms with Gasteiger partial charge in [0.2, 0.25) is 0 Å². The zero-order valence-corrected chi connectivity index (χ0v) is 23.4. The van der Waals surface area contributed by atoms with Gasteiger partial charge in [-0.1, -0.05) is 43.4 Å². The van der Waals surface area contributed by atoms with Crippen LogP contribution in [0.25, 0.3) is 0 Å². The van der Waals surface area contributed by atoms with Gasteiger partial charge >= 0.3 is 0 Å². The maximum Gasteiger partial charge on any atom is 0.155 e. The molecule has 8 atom stereocenters. The lowest BCUT2D eigenvalue weighted by molar-refractivity contribution is -0.117. The first-order valence-electron chi connectivity index (χ1n) is 14.1. The van der Waals surface area contributed by atoms with E-state index >= 15 is 0 Å². The Kier molecular flexibility index (Phi) is 6.23. The van der Waals surface area contributed by atoms with Crippen LogP contribution in [0.15, 0.2) is 35.9 Å². The first kappa shape index (κ1) is 25.6. The molecule has 0 unspecified atom stereocenters. The molecular weight excluding hydrogens is 442 g/mol. The van der Waals surface area contributed by atoms with Gasteiger partial charge in [0, 0.05) is 37.0 Å². The molecule has 0 aromatic heterocycles. The molecule has 36 heavy (non-hydrogen) atoms. The van der Waals surface area contributed by atoms with E-state index in [2.05, 4.69) is 89.7 Å². The topological polar surface area (TPSA) is 40.5 Å². The molecule has 194 valence electrons. The fourth-order valence-electron chi connectivity index (χ4n) is 8.55. The first-order valence-corrected chi connectivity index (χ1v) is 14.1. The lowest BCUT2D eigenvalue weighted by Crippen LogP contribution is -2.55. The van der Waals surface area contributed by atoms with E-state index in [4.69, 9.17) is 0 Å². The number of benzene rings is 1. The average Bonchev–Trinajstić information content (AvgIpc) is 3.02. The summed E-state index contributed by atoms with van der Waals surface area (Å²) >= 11 is 0. The second-order valence-electron chi connectivity index (χ2n) is 13.8. The Balaban J connectivity index is 1.62. The fraction of sp³-hybridized carbons (Fsp3) is 0.667. The largest absolute Gasteiger partial charge is 0.378 e. The zero-order chi connectivity index (χ0) is 26.0. The van der Waals surface area contributed by atoms with Gasteiger partial charge in [0.1, 0.15) is 5.60 Å². The predicted octanol–water partition coefficient (Wildman–Crippen LogP) is 6.61. The minimum atomic E-state index is -0.976. The van der Waals surface area contributed by atoms with Gasteiger partial charge in [-0.3, -0.25) is 4.79 Å². The van der Waals surface area contributed by atoms with Crippen molar-refractivity contribution in [3.05, 3.63) is 41.5 Å². The van der Waals surface area contributed by atoms with E-state index in [1.165, 1.54) is 16.8 Å². The Morgan fingerprint density at radius 2 is 1.75 bits per heavy atom. The maximum absolute atomic E-state index is 12.4. The van der Waals surface area contributed by atoms with Crippen LogP contribution in [0.5, 0.6) is 0 Å². The molecular formula is C33H45NO2. The highest BCUT2D eigenvalue weighted by Gasteiger charge is 2.67. The molecule has 3 saturated carbocycles.